The van der Waals surface area contributed by atoms with Crippen LogP contribution in [0, 0.1) is 0 Å². The fourth-order valence-corrected chi connectivity index (χ4v) is 5.29. The molecule has 1 aliphatic heterocycles. The van der Waals surface area contributed by atoms with Crippen molar-refractivity contribution in [3.63, 3.8) is 0 Å². The Bertz CT molecular complexity index is 345. The Kier molecular flexibility index (Phi) is 11.4. The Balaban J connectivity index is 1.82. The summed E-state index contributed by atoms with van der Waals surface area (Å²) in [5.41, 5.74) is 0. The quantitative estimate of drug-likeness (QED) is 0.324. The summed E-state index contributed by atoms with van der Waals surface area (Å²) in [7, 11) is 4.05. The van der Waals surface area contributed by atoms with Gasteiger partial charge in [-0.25, -0.2) is 0 Å². The molecule has 1 rings (SSSR count). The summed E-state index contributed by atoms with van der Waals surface area (Å²) in [4.78, 5) is 22.5. The molecule has 0 bridgehead atoms. The molecule has 1 heterocycles. The zero-order chi connectivity index (χ0) is 16.0. The van der Waals surface area contributed by atoms with Crippen molar-refractivity contribution in [2.24, 2.45) is 0 Å². The molecule has 6 heteroatoms. The molecule has 0 aromatic heterocycles. The largest absolute Gasteiger partial charge is 0.356 e. The molecule has 1 aliphatic rings. The number of hydrogen-bond donors (Lipinski definition) is 2. The van der Waals surface area contributed by atoms with Gasteiger partial charge in [0.1, 0.15) is 0 Å². The SMILES string of the molecule is C=CC(=O)NCCCNC(=O)CCCCCCC1CCSS1. The van der Waals surface area contributed by atoms with E-state index < -0.39 is 0 Å². The van der Waals surface area contributed by atoms with Crippen LogP contribution in [0.1, 0.15) is 51.4 Å². The van der Waals surface area contributed by atoms with Crippen LogP contribution in [0.5, 0.6) is 0 Å². The zero-order valence-electron chi connectivity index (χ0n) is 13.3. The van der Waals surface area contributed by atoms with Crippen molar-refractivity contribution >= 4 is 33.4 Å². The first-order valence-electron chi connectivity index (χ1n) is 8.17. The monoisotopic (exact) mass is 344 g/mol. The lowest BCUT2D eigenvalue weighted by Gasteiger charge is -2.07. The minimum absolute atomic E-state index is 0.123. The van der Waals surface area contributed by atoms with Crippen LogP contribution in [-0.4, -0.2) is 35.9 Å². The number of unbranched alkanes of at least 4 members (excludes halogenated alkanes) is 3. The van der Waals surface area contributed by atoms with Crippen LogP contribution in [0.3, 0.4) is 0 Å². The molecule has 0 saturated carbocycles. The second-order valence-corrected chi connectivity index (χ2v) is 8.27. The normalized spacial score (nSPS) is 17.2. The molecule has 0 aromatic rings. The summed E-state index contributed by atoms with van der Waals surface area (Å²) in [5.74, 6) is 1.27. The average Bonchev–Trinajstić information content (AvgIpc) is 3.03. The molecule has 0 aromatic carbocycles. The maximum atomic E-state index is 11.6. The number of carbonyl (C=O) groups excluding carboxylic acids is 2. The standard InChI is InChI=1S/C16H28N2O2S2/c1-2-15(19)17-11-7-12-18-16(20)9-6-4-3-5-8-14-10-13-21-22-14/h2,14H,1,3-13H2,(H,17,19)(H,18,20). The van der Waals surface area contributed by atoms with E-state index in [0.717, 1.165) is 24.5 Å². The summed E-state index contributed by atoms with van der Waals surface area (Å²) in [6.07, 6.45) is 9.98. The fraction of sp³-hybridized carbons (Fsp3) is 0.750. The summed E-state index contributed by atoms with van der Waals surface area (Å²) in [6.45, 7) is 4.57. The van der Waals surface area contributed by atoms with E-state index in [-0.39, 0.29) is 11.8 Å². The van der Waals surface area contributed by atoms with Crippen LogP contribution in [0.25, 0.3) is 0 Å². The van der Waals surface area contributed by atoms with Crippen molar-refractivity contribution in [2.75, 3.05) is 18.8 Å². The van der Waals surface area contributed by atoms with E-state index in [1.165, 1.54) is 37.5 Å². The molecule has 0 aliphatic carbocycles. The molecular formula is C16H28N2O2S2. The van der Waals surface area contributed by atoms with Gasteiger partial charge in [-0.3, -0.25) is 9.59 Å². The Morgan fingerprint density at radius 2 is 1.86 bits per heavy atom. The molecule has 1 atom stereocenters. The van der Waals surface area contributed by atoms with Gasteiger partial charge in [-0.15, -0.1) is 0 Å². The van der Waals surface area contributed by atoms with Crippen LogP contribution in [0.2, 0.25) is 0 Å². The Labute approximate surface area is 142 Å². The van der Waals surface area contributed by atoms with Crippen LogP contribution in [-0.2, 0) is 9.59 Å². The second kappa shape index (κ2) is 12.9. The molecular weight excluding hydrogens is 316 g/mol. The Hall–Kier alpha value is -0.620. The summed E-state index contributed by atoms with van der Waals surface area (Å²) < 4.78 is 0. The van der Waals surface area contributed by atoms with Gasteiger partial charge in [0.2, 0.25) is 11.8 Å². The minimum Gasteiger partial charge on any atom is -0.356 e. The first kappa shape index (κ1) is 19.4. The van der Waals surface area contributed by atoms with Crippen LogP contribution < -0.4 is 10.6 Å². The third-order valence-electron chi connectivity index (χ3n) is 3.57. The first-order valence-corrected chi connectivity index (χ1v) is 10.6. The Morgan fingerprint density at radius 3 is 2.59 bits per heavy atom. The van der Waals surface area contributed by atoms with Crippen molar-refractivity contribution in [3.8, 4) is 0 Å². The predicted octanol–water partition coefficient (Wildman–Crippen LogP) is 3.29. The van der Waals surface area contributed by atoms with Crippen LogP contribution in [0.4, 0.5) is 0 Å². The van der Waals surface area contributed by atoms with Gasteiger partial charge in [0.15, 0.2) is 0 Å². The molecule has 22 heavy (non-hydrogen) atoms. The van der Waals surface area contributed by atoms with E-state index >= 15 is 0 Å². The number of carbonyl (C=O) groups is 2. The van der Waals surface area contributed by atoms with E-state index in [0.29, 0.717) is 19.5 Å². The zero-order valence-corrected chi connectivity index (χ0v) is 14.9. The van der Waals surface area contributed by atoms with Crippen molar-refractivity contribution in [3.05, 3.63) is 12.7 Å². The molecule has 2 amide bonds. The summed E-state index contributed by atoms with van der Waals surface area (Å²) in [6, 6.07) is 0. The lowest BCUT2D eigenvalue weighted by Crippen LogP contribution is -2.28. The van der Waals surface area contributed by atoms with E-state index in [9.17, 15) is 9.59 Å². The average molecular weight is 345 g/mol. The highest BCUT2D eigenvalue weighted by Gasteiger charge is 2.15. The van der Waals surface area contributed by atoms with Crippen LogP contribution >= 0.6 is 21.6 Å². The summed E-state index contributed by atoms with van der Waals surface area (Å²) in [5, 5.41) is 6.44. The molecule has 0 spiro atoms. The topological polar surface area (TPSA) is 58.2 Å². The minimum atomic E-state index is -0.166. The summed E-state index contributed by atoms with van der Waals surface area (Å²) >= 11 is 0. The lowest BCUT2D eigenvalue weighted by molar-refractivity contribution is -0.121. The molecule has 1 unspecified atom stereocenters. The van der Waals surface area contributed by atoms with Gasteiger partial charge in [-0.05, 0) is 31.8 Å². The highest BCUT2D eigenvalue weighted by molar-refractivity contribution is 8.77. The van der Waals surface area contributed by atoms with Crippen molar-refractivity contribution < 1.29 is 9.59 Å². The van der Waals surface area contributed by atoms with Crippen molar-refractivity contribution in [1.29, 1.82) is 0 Å². The van der Waals surface area contributed by atoms with Crippen molar-refractivity contribution in [1.82, 2.24) is 10.6 Å². The van der Waals surface area contributed by atoms with E-state index in [2.05, 4.69) is 17.2 Å². The first-order chi connectivity index (χ1) is 10.7. The maximum Gasteiger partial charge on any atom is 0.243 e. The van der Waals surface area contributed by atoms with E-state index in [1.54, 1.807) is 0 Å². The van der Waals surface area contributed by atoms with Crippen LogP contribution in [0.15, 0.2) is 12.7 Å². The maximum absolute atomic E-state index is 11.6. The third kappa shape index (κ3) is 10.2. The second-order valence-electron chi connectivity index (χ2n) is 5.48. The number of nitrogens with one attached hydrogen (secondary N) is 2. The molecule has 4 nitrogen and oxygen atoms in total. The van der Waals surface area contributed by atoms with Gasteiger partial charge in [0, 0.05) is 30.5 Å². The number of amides is 2. The van der Waals surface area contributed by atoms with Gasteiger partial charge in [-0.2, -0.15) is 0 Å². The van der Waals surface area contributed by atoms with Gasteiger partial charge in [0.05, 0.1) is 0 Å². The van der Waals surface area contributed by atoms with Gasteiger partial charge < -0.3 is 10.6 Å². The fourth-order valence-electron chi connectivity index (χ4n) is 2.26. The highest BCUT2D eigenvalue weighted by atomic mass is 33.1. The van der Waals surface area contributed by atoms with Gasteiger partial charge >= 0.3 is 0 Å². The molecule has 1 saturated heterocycles. The van der Waals surface area contributed by atoms with E-state index in [4.69, 9.17) is 0 Å². The Morgan fingerprint density at radius 1 is 1.09 bits per heavy atom. The molecule has 126 valence electrons. The molecule has 2 N–H and O–H groups in total. The molecule has 0 radical (unpaired) electrons. The smallest absolute Gasteiger partial charge is 0.243 e. The predicted molar refractivity (Wildman–Crippen MR) is 97.0 cm³/mol. The van der Waals surface area contributed by atoms with E-state index in [1.807, 2.05) is 21.6 Å². The highest BCUT2D eigenvalue weighted by Crippen LogP contribution is 2.39. The van der Waals surface area contributed by atoms with Crippen molar-refractivity contribution in [2.45, 2.75) is 56.6 Å². The van der Waals surface area contributed by atoms with Gasteiger partial charge in [0.25, 0.3) is 0 Å². The third-order valence-corrected chi connectivity index (χ3v) is 6.57. The number of rotatable bonds is 12. The number of hydrogen-bond acceptors (Lipinski definition) is 4. The van der Waals surface area contributed by atoms with Gasteiger partial charge in [-0.1, -0.05) is 47.4 Å². The lowest BCUT2D eigenvalue weighted by atomic mass is 10.1. The molecule has 1 fully saturated rings.